The van der Waals surface area contributed by atoms with Gasteiger partial charge < -0.3 is 19.5 Å². The van der Waals surface area contributed by atoms with E-state index in [2.05, 4.69) is 10.2 Å². The molecule has 0 bridgehead atoms. The molecule has 4 rings (SSSR count). The van der Waals surface area contributed by atoms with E-state index in [9.17, 15) is 9.18 Å². The number of benzene rings is 3. The number of hydrogen-bond acceptors (Lipinski definition) is 5. The molecular weight excluding hydrogens is 471 g/mol. The van der Waals surface area contributed by atoms with Gasteiger partial charge in [0.2, 0.25) is 0 Å². The average Bonchev–Trinajstić information content (AvgIpc) is 2.89. The summed E-state index contributed by atoms with van der Waals surface area (Å²) in [5, 5.41) is 3.64. The van der Waals surface area contributed by atoms with Crippen molar-refractivity contribution in [1.29, 1.82) is 0 Å². The molecule has 1 fully saturated rings. The Morgan fingerprint density at radius 2 is 1.83 bits per heavy atom. The molecule has 0 saturated carbocycles. The number of methoxy groups -OCH3 is 1. The zero-order valence-corrected chi connectivity index (χ0v) is 20.3. The van der Waals surface area contributed by atoms with E-state index in [1.807, 2.05) is 18.2 Å². The zero-order chi connectivity index (χ0) is 24.6. The number of nitrogens with zero attached hydrogens (tertiary/aromatic N) is 1. The zero-order valence-electron chi connectivity index (χ0n) is 19.5. The lowest BCUT2D eigenvalue weighted by molar-refractivity contribution is 0.0162. The average molecular weight is 499 g/mol. The Bertz CT molecular complexity index is 1140. The summed E-state index contributed by atoms with van der Waals surface area (Å²) in [7, 11) is 1.53. The van der Waals surface area contributed by atoms with Crippen LogP contribution < -0.4 is 14.8 Å². The van der Waals surface area contributed by atoms with Gasteiger partial charge in [-0.3, -0.25) is 9.69 Å². The summed E-state index contributed by atoms with van der Waals surface area (Å²) in [6.07, 6.45) is 0. The van der Waals surface area contributed by atoms with Crippen LogP contribution in [-0.4, -0.2) is 50.8 Å². The van der Waals surface area contributed by atoms with Crippen LogP contribution in [0.4, 0.5) is 4.39 Å². The van der Waals surface area contributed by atoms with Gasteiger partial charge in [-0.05, 0) is 42.0 Å². The van der Waals surface area contributed by atoms with Gasteiger partial charge in [-0.25, -0.2) is 4.39 Å². The first-order valence-electron chi connectivity index (χ1n) is 11.4. The van der Waals surface area contributed by atoms with Crippen LogP contribution >= 0.6 is 11.6 Å². The monoisotopic (exact) mass is 498 g/mol. The molecule has 1 amide bonds. The molecule has 0 spiro atoms. The maximum Gasteiger partial charge on any atom is 0.251 e. The third-order valence-corrected chi connectivity index (χ3v) is 6.33. The van der Waals surface area contributed by atoms with E-state index in [-0.39, 0.29) is 24.4 Å². The Morgan fingerprint density at radius 1 is 1.09 bits per heavy atom. The summed E-state index contributed by atoms with van der Waals surface area (Å²) in [6, 6.07) is 18.8. The van der Waals surface area contributed by atoms with Gasteiger partial charge in [0.15, 0.2) is 11.5 Å². The van der Waals surface area contributed by atoms with E-state index in [1.165, 1.54) is 19.2 Å². The molecule has 35 heavy (non-hydrogen) atoms. The van der Waals surface area contributed by atoms with Gasteiger partial charge in [-0.2, -0.15) is 0 Å². The maximum absolute atomic E-state index is 13.5. The Balaban J connectivity index is 1.43. The standard InChI is InChI=1S/C27H28ClFN2O4/c1-33-26-16-20(8-11-25(26)35-18-21-4-2-3-5-23(21)28)27(32)30-17-24(31-12-14-34-15-13-31)19-6-9-22(29)10-7-19/h2-11,16,24H,12-15,17-18H2,1H3,(H,30,32)/t24-/m1/s1. The minimum Gasteiger partial charge on any atom is -0.493 e. The first kappa shape index (κ1) is 25.0. The van der Waals surface area contributed by atoms with Crippen LogP contribution in [0.1, 0.15) is 27.5 Å². The van der Waals surface area contributed by atoms with Crippen LogP contribution in [0, 0.1) is 5.82 Å². The lowest BCUT2D eigenvalue weighted by atomic mass is 10.0. The Labute approximate surface area is 209 Å². The third kappa shape index (κ3) is 6.51. The smallest absolute Gasteiger partial charge is 0.251 e. The number of rotatable bonds is 9. The fourth-order valence-corrected chi connectivity index (χ4v) is 4.21. The summed E-state index contributed by atoms with van der Waals surface area (Å²) in [4.78, 5) is 15.2. The van der Waals surface area contributed by atoms with Gasteiger partial charge in [0.05, 0.1) is 26.4 Å². The fourth-order valence-electron chi connectivity index (χ4n) is 4.02. The topological polar surface area (TPSA) is 60.0 Å². The molecule has 6 nitrogen and oxygen atoms in total. The number of nitrogens with one attached hydrogen (secondary N) is 1. The largest absolute Gasteiger partial charge is 0.493 e. The number of hydrogen-bond donors (Lipinski definition) is 1. The van der Waals surface area contributed by atoms with Crippen LogP contribution in [-0.2, 0) is 11.3 Å². The highest BCUT2D eigenvalue weighted by Gasteiger charge is 2.24. The molecule has 0 radical (unpaired) electrons. The van der Waals surface area contributed by atoms with Crippen molar-refractivity contribution in [3.63, 3.8) is 0 Å². The lowest BCUT2D eigenvalue weighted by Gasteiger charge is -2.35. The number of carbonyl (C=O) groups is 1. The second-order valence-corrected chi connectivity index (χ2v) is 8.58. The summed E-state index contributed by atoms with van der Waals surface area (Å²) < 4.78 is 30.3. The van der Waals surface area contributed by atoms with Crippen LogP contribution in [0.3, 0.4) is 0 Å². The number of amides is 1. The Morgan fingerprint density at radius 3 is 2.54 bits per heavy atom. The highest BCUT2D eigenvalue weighted by molar-refractivity contribution is 6.31. The molecule has 184 valence electrons. The number of carbonyl (C=O) groups excluding carboxylic acids is 1. The molecule has 1 heterocycles. The second-order valence-electron chi connectivity index (χ2n) is 8.17. The molecule has 3 aromatic rings. The van der Waals surface area contributed by atoms with Crippen molar-refractivity contribution in [2.24, 2.45) is 0 Å². The maximum atomic E-state index is 13.5. The molecule has 8 heteroatoms. The van der Waals surface area contributed by atoms with Gasteiger partial charge in [-0.15, -0.1) is 0 Å². The predicted molar refractivity (Wildman–Crippen MR) is 133 cm³/mol. The van der Waals surface area contributed by atoms with Crippen LogP contribution in [0.5, 0.6) is 11.5 Å². The van der Waals surface area contributed by atoms with Crippen LogP contribution in [0.2, 0.25) is 5.02 Å². The molecule has 1 aliphatic heterocycles. The fraction of sp³-hybridized carbons (Fsp3) is 0.296. The van der Waals surface area contributed by atoms with Crippen molar-refractivity contribution < 1.29 is 23.4 Å². The van der Waals surface area contributed by atoms with Gasteiger partial charge >= 0.3 is 0 Å². The van der Waals surface area contributed by atoms with E-state index < -0.39 is 0 Å². The molecule has 1 N–H and O–H groups in total. The first-order chi connectivity index (χ1) is 17.0. The highest BCUT2D eigenvalue weighted by Crippen LogP contribution is 2.30. The number of morpholine rings is 1. The highest BCUT2D eigenvalue weighted by atomic mass is 35.5. The third-order valence-electron chi connectivity index (χ3n) is 5.96. The predicted octanol–water partition coefficient (Wildman–Crippen LogP) is 4.87. The molecule has 1 atom stereocenters. The van der Waals surface area contributed by atoms with Crippen molar-refractivity contribution in [3.8, 4) is 11.5 Å². The second kappa shape index (κ2) is 12.0. The first-order valence-corrected chi connectivity index (χ1v) is 11.8. The van der Waals surface area contributed by atoms with E-state index in [0.717, 1.165) is 24.2 Å². The van der Waals surface area contributed by atoms with E-state index in [0.29, 0.717) is 41.8 Å². The molecule has 0 aromatic heterocycles. The van der Waals surface area contributed by atoms with Crippen LogP contribution in [0.15, 0.2) is 66.7 Å². The molecule has 0 aliphatic carbocycles. The lowest BCUT2D eigenvalue weighted by Crippen LogP contribution is -2.43. The van der Waals surface area contributed by atoms with E-state index >= 15 is 0 Å². The summed E-state index contributed by atoms with van der Waals surface area (Å²) in [6.45, 7) is 3.38. The van der Waals surface area contributed by atoms with Gasteiger partial charge in [0, 0.05) is 35.8 Å². The minimum atomic E-state index is -0.289. The molecule has 1 aliphatic rings. The number of ether oxygens (including phenoxy) is 3. The molecular formula is C27H28ClFN2O4. The van der Waals surface area contributed by atoms with Crippen molar-refractivity contribution in [3.05, 3.63) is 94.3 Å². The van der Waals surface area contributed by atoms with Crippen LogP contribution in [0.25, 0.3) is 0 Å². The quantitative estimate of drug-likeness (QED) is 0.456. The Kier molecular flexibility index (Phi) is 8.58. The summed E-state index contributed by atoms with van der Waals surface area (Å²) in [5.41, 5.74) is 2.24. The molecule has 1 saturated heterocycles. The van der Waals surface area contributed by atoms with Crippen molar-refractivity contribution in [1.82, 2.24) is 10.2 Å². The van der Waals surface area contributed by atoms with Crippen molar-refractivity contribution in [2.45, 2.75) is 12.6 Å². The summed E-state index contributed by atoms with van der Waals surface area (Å²) >= 11 is 6.21. The SMILES string of the molecule is COc1cc(C(=O)NC[C@H](c2ccc(F)cc2)N2CCOCC2)ccc1OCc1ccccc1Cl. The van der Waals surface area contributed by atoms with Crippen molar-refractivity contribution >= 4 is 17.5 Å². The molecule has 3 aromatic carbocycles. The minimum absolute atomic E-state index is 0.0939. The van der Waals surface area contributed by atoms with E-state index in [1.54, 1.807) is 36.4 Å². The number of halogens is 2. The Hall–Kier alpha value is -3.13. The van der Waals surface area contributed by atoms with Gasteiger partial charge in [0.25, 0.3) is 5.91 Å². The van der Waals surface area contributed by atoms with E-state index in [4.69, 9.17) is 25.8 Å². The normalized spacial score (nSPS) is 14.8. The van der Waals surface area contributed by atoms with Crippen molar-refractivity contribution in [2.75, 3.05) is 40.0 Å². The van der Waals surface area contributed by atoms with Gasteiger partial charge in [0.1, 0.15) is 12.4 Å². The summed E-state index contributed by atoms with van der Waals surface area (Å²) in [5.74, 6) is 0.443. The van der Waals surface area contributed by atoms with Gasteiger partial charge in [-0.1, -0.05) is 41.9 Å². The molecule has 0 unspecified atom stereocenters.